The van der Waals surface area contributed by atoms with Gasteiger partial charge >= 0.3 is 0 Å². The van der Waals surface area contributed by atoms with E-state index in [-0.39, 0.29) is 28.4 Å². The van der Waals surface area contributed by atoms with Crippen molar-refractivity contribution in [1.82, 2.24) is 13.7 Å². The van der Waals surface area contributed by atoms with Crippen molar-refractivity contribution >= 4 is 88.5 Å². The Kier molecular flexibility index (Phi) is 9.81. The van der Waals surface area contributed by atoms with E-state index >= 15 is 0 Å². The molecule has 0 saturated heterocycles. The maximum absolute atomic E-state index is 2.81. The van der Waals surface area contributed by atoms with Gasteiger partial charge < -0.3 is 13.7 Å². The quantitative estimate of drug-likeness (QED) is 0.157. The van der Waals surface area contributed by atoms with E-state index in [2.05, 4.69) is 303 Å². The molecule has 0 N–H and O–H groups in total. The predicted octanol–water partition coefficient (Wildman–Crippen LogP) is 19.3. The molecule has 0 radical (unpaired) electrons. The summed E-state index contributed by atoms with van der Waals surface area (Å²) < 4.78 is 8.16. The maximum atomic E-state index is 2.81. The highest BCUT2D eigenvalue weighted by molar-refractivity contribution is 7.00. The summed E-state index contributed by atoms with van der Waals surface area (Å²) in [5, 5.41) is 7.87. The van der Waals surface area contributed by atoms with Crippen LogP contribution in [0.1, 0.15) is 128 Å². The summed E-state index contributed by atoms with van der Waals surface area (Å²) in [6, 6.07) is 81.1. The summed E-state index contributed by atoms with van der Waals surface area (Å²) in [6.45, 7) is 28.7. The van der Waals surface area contributed by atoms with E-state index < -0.39 is 5.41 Å². The number of aromatic nitrogens is 3. The van der Waals surface area contributed by atoms with Gasteiger partial charge in [-0.2, -0.15) is 0 Å². The average molecular weight is 1120 g/mol. The summed E-state index contributed by atoms with van der Waals surface area (Å²) in [6.07, 6.45) is 0. The molecule has 18 rings (SSSR count). The number of rotatable bonds is 3. The highest BCUT2D eigenvalue weighted by atomic mass is 15.1. The first kappa shape index (κ1) is 51.1. The Hall–Kier alpha value is -9.12. The van der Waals surface area contributed by atoms with Crippen molar-refractivity contribution in [2.45, 2.75) is 110 Å². The van der Waals surface area contributed by atoms with Gasteiger partial charge in [0, 0.05) is 54.8 Å². The topological polar surface area (TPSA) is 14.8 Å². The van der Waals surface area contributed by atoms with E-state index in [1.165, 1.54) is 177 Å². The van der Waals surface area contributed by atoms with Gasteiger partial charge in [-0.05, 0) is 153 Å². The van der Waals surface area contributed by atoms with Crippen molar-refractivity contribution in [2.24, 2.45) is 0 Å². The SMILES string of the molecule is CC(C)(C)c1ccc2c(c1)C1(c3cc(C(C)(C)C)ccc3-2)c2ccc3c4c2-n2c5c(cc(C(C)(C)C)cc5c5cc(C(C)(C)C)cc1c52)B4c1cc2c(c4ccccc4n2-c2cc(-c4ccccc4)ccc2-c2ccccc2)c2c4ccccc4n-3c12. The van der Waals surface area contributed by atoms with E-state index in [4.69, 9.17) is 0 Å². The molecule has 3 nitrogen and oxygen atoms in total. The van der Waals surface area contributed by atoms with Gasteiger partial charge in [0.15, 0.2) is 0 Å². The number of para-hydroxylation sites is 2. The van der Waals surface area contributed by atoms with E-state index in [1.807, 2.05) is 0 Å². The van der Waals surface area contributed by atoms with Crippen molar-refractivity contribution in [2.75, 3.05) is 0 Å². The van der Waals surface area contributed by atoms with Crippen LogP contribution < -0.4 is 16.4 Å². The second-order valence-electron chi connectivity index (χ2n) is 30.1. The molecule has 0 fully saturated rings. The Morgan fingerprint density at radius 3 is 1.45 bits per heavy atom. The molecule has 0 bridgehead atoms. The average Bonchev–Trinajstić information content (AvgIpc) is 1.53. The Morgan fingerprint density at radius 2 is 0.828 bits per heavy atom. The van der Waals surface area contributed by atoms with Crippen molar-refractivity contribution in [1.29, 1.82) is 0 Å². The number of fused-ring (bicyclic) bond motifs is 18. The summed E-state index contributed by atoms with van der Waals surface area (Å²) in [7, 11) is 0. The van der Waals surface area contributed by atoms with Crippen molar-refractivity contribution < 1.29 is 0 Å². The zero-order valence-corrected chi connectivity index (χ0v) is 52.0. The second-order valence-corrected chi connectivity index (χ2v) is 30.1. The molecule has 14 aromatic rings. The van der Waals surface area contributed by atoms with E-state index in [9.17, 15) is 0 Å². The summed E-state index contributed by atoms with van der Waals surface area (Å²) >= 11 is 0. The van der Waals surface area contributed by atoms with Gasteiger partial charge in [-0.3, -0.25) is 0 Å². The Morgan fingerprint density at radius 1 is 0.310 bits per heavy atom. The van der Waals surface area contributed by atoms with Crippen LogP contribution in [-0.2, 0) is 27.1 Å². The Balaban J connectivity index is 1.07. The fourth-order valence-electron chi connectivity index (χ4n) is 16.7. The maximum Gasteiger partial charge on any atom is 0.252 e. The lowest BCUT2D eigenvalue weighted by Crippen LogP contribution is -2.60. The number of hydrogen-bond acceptors (Lipinski definition) is 0. The van der Waals surface area contributed by atoms with Gasteiger partial charge in [-0.15, -0.1) is 0 Å². The Labute approximate surface area is 510 Å². The van der Waals surface area contributed by atoms with Gasteiger partial charge in [-0.25, -0.2) is 0 Å². The first-order valence-corrected chi connectivity index (χ1v) is 31.6. The minimum absolute atomic E-state index is 0.0791. The minimum atomic E-state index is -0.654. The fourth-order valence-corrected chi connectivity index (χ4v) is 16.7. The molecular formula is C83H70BN3. The van der Waals surface area contributed by atoms with Crippen molar-refractivity contribution in [3.63, 3.8) is 0 Å². The van der Waals surface area contributed by atoms with Gasteiger partial charge in [-0.1, -0.05) is 247 Å². The molecule has 4 heteroatoms. The normalized spacial score (nSPS) is 14.5. The monoisotopic (exact) mass is 1120 g/mol. The molecule has 87 heavy (non-hydrogen) atoms. The van der Waals surface area contributed by atoms with Gasteiger partial charge in [0.1, 0.15) is 0 Å². The Bertz CT molecular complexity index is 5360. The van der Waals surface area contributed by atoms with E-state index in [0.29, 0.717) is 0 Å². The predicted molar refractivity (Wildman–Crippen MR) is 371 cm³/mol. The van der Waals surface area contributed by atoms with Gasteiger partial charge in [0.05, 0.1) is 38.7 Å². The number of benzene rings is 11. The molecule has 0 atom stereocenters. The van der Waals surface area contributed by atoms with Gasteiger partial charge in [0.2, 0.25) is 0 Å². The third kappa shape index (κ3) is 6.53. The van der Waals surface area contributed by atoms with Crippen molar-refractivity contribution in [3.8, 4) is 50.4 Å². The van der Waals surface area contributed by atoms with E-state index in [1.54, 1.807) is 0 Å². The zero-order chi connectivity index (χ0) is 59.3. The van der Waals surface area contributed by atoms with Crippen LogP contribution in [0.15, 0.2) is 206 Å². The van der Waals surface area contributed by atoms with Gasteiger partial charge in [0.25, 0.3) is 6.71 Å². The van der Waals surface area contributed by atoms with Crippen LogP contribution in [0.5, 0.6) is 0 Å². The van der Waals surface area contributed by atoms with E-state index in [0.717, 1.165) is 0 Å². The molecule has 4 aliphatic rings. The van der Waals surface area contributed by atoms with Crippen LogP contribution in [0.3, 0.4) is 0 Å². The number of hydrogen-bond donors (Lipinski definition) is 0. The van der Waals surface area contributed by atoms with Crippen LogP contribution in [-0.4, -0.2) is 20.4 Å². The zero-order valence-electron chi connectivity index (χ0n) is 52.0. The summed E-state index contributed by atoms with van der Waals surface area (Å²) in [5.74, 6) is 0. The fraction of sp³-hybridized carbons (Fsp3) is 0.205. The largest absolute Gasteiger partial charge is 0.310 e. The summed E-state index contributed by atoms with van der Waals surface area (Å²) in [4.78, 5) is 0. The lowest BCUT2D eigenvalue weighted by molar-refractivity contribution is 0.583. The third-order valence-electron chi connectivity index (χ3n) is 21.0. The molecular weight excluding hydrogens is 1050 g/mol. The van der Waals surface area contributed by atoms with Crippen LogP contribution in [0.4, 0.5) is 0 Å². The number of nitrogens with zero attached hydrogens (tertiary/aromatic N) is 3. The molecule has 3 aromatic heterocycles. The van der Waals surface area contributed by atoms with Crippen LogP contribution in [0.25, 0.3) is 116 Å². The molecule has 1 aliphatic carbocycles. The second kappa shape index (κ2) is 16.7. The minimum Gasteiger partial charge on any atom is -0.310 e. The standard InChI is InChI=1S/C83H70BN3/c1-79(2,3)50-32-35-55-56-36-33-51(80(4,5)6)43-63(56)83(62(55)42-50)61-37-38-69-74-77(61)87-75-59(40-52(44-64(75)83)81(7,8)9)60-41-53(82(10,11)12)45-65(76(60)87)84(74)66-46-71-72(73-58-28-20-22-30-68(58)86(69)78(66)73)57-27-19-21-29-67(57)85(71)70-39-49(47-23-15-13-16-24-47)31-34-54(70)48-25-17-14-18-26-48/h13-46H,1-12H3. The molecule has 420 valence electrons. The lowest BCUT2D eigenvalue weighted by atomic mass is 9.33. The smallest absolute Gasteiger partial charge is 0.252 e. The molecule has 6 heterocycles. The molecule has 11 aromatic carbocycles. The highest BCUT2D eigenvalue weighted by Crippen LogP contribution is 2.63. The van der Waals surface area contributed by atoms with Crippen molar-refractivity contribution in [3.05, 3.63) is 251 Å². The lowest BCUT2D eigenvalue weighted by Gasteiger charge is -2.45. The van der Waals surface area contributed by atoms with Crippen LogP contribution in [0.2, 0.25) is 0 Å². The third-order valence-corrected chi connectivity index (χ3v) is 21.0. The first-order chi connectivity index (χ1) is 41.7. The molecule has 0 unspecified atom stereocenters. The van der Waals surface area contributed by atoms with Crippen LogP contribution in [0, 0.1) is 0 Å². The summed E-state index contributed by atoms with van der Waals surface area (Å²) in [5.41, 5.74) is 33.1. The highest BCUT2D eigenvalue weighted by Gasteiger charge is 2.55. The molecule has 1 spiro atoms. The molecule has 0 amide bonds. The molecule has 3 aliphatic heterocycles. The molecule has 0 saturated carbocycles. The van der Waals surface area contributed by atoms with Crippen LogP contribution >= 0.6 is 0 Å². The first-order valence-electron chi connectivity index (χ1n) is 31.6.